The van der Waals surface area contributed by atoms with Gasteiger partial charge >= 0.3 is 5.97 Å². The number of sulfonamides is 1. The summed E-state index contributed by atoms with van der Waals surface area (Å²) in [5, 5.41) is 8.88. The summed E-state index contributed by atoms with van der Waals surface area (Å²) in [6, 6.07) is 3.69. The number of nitrogens with zero attached hydrogens (tertiary/aromatic N) is 1. The second kappa shape index (κ2) is 5.94. The standard InChI is InChI=1S/C14H18ClNO4S/c1-3-10-5-4-9(2)16(10)21(19,20)11-6-7-12(14(17)18)13(15)8-11/h6-10H,3-5H2,1-2H3,(H,17,18). The molecule has 0 aromatic heterocycles. The molecule has 5 nitrogen and oxygen atoms in total. The minimum absolute atomic E-state index is 0.0112. The molecule has 1 N–H and O–H groups in total. The van der Waals surface area contributed by atoms with E-state index in [1.165, 1.54) is 22.5 Å². The Morgan fingerprint density at radius 1 is 1.43 bits per heavy atom. The van der Waals surface area contributed by atoms with E-state index in [-0.39, 0.29) is 27.6 Å². The van der Waals surface area contributed by atoms with E-state index in [0.29, 0.717) is 0 Å². The molecule has 1 saturated heterocycles. The van der Waals surface area contributed by atoms with Crippen LogP contribution in [0.15, 0.2) is 23.1 Å². The Morgan fingerprint density at radius 3 is 2.62 bits per heavy atom. The maximum Gasteiger partial charge on any atom is 0.337 e. The maximum atomic E-state index is 12.8. The Morgan fingerprint density at radius 2 is 2.10 bits per heavy atom. The fourth-order valence-electron chi connectivity index (χ4n) is 2.82. The molecule has 2 unspecified atom stereocenters. The molecular formula is C14H18ClNO4S. The van der Waals surface area contributed by atoms with E-state index in [4.69, 9.17) is 16.7 Å². The number of hydrogen-bond acceptors (Lipinski definition) is 3. The fraction of sp³-hybridized carbons (Fsp3) is 0.500. The molecule has 0 amide bonds. The highest BCUT2D eigenvalue weighted by Gasteiger charge is 2.39. The van der Waals surface area contributed by atoms with E-state index in [1.54, 1.807) is 0 Å². The van der Waals surface area contributed by atoms with Crippen LogP contribution >= 0.6 is 11.6 Å². The van der Waals surface area contributed by atoms with Crippen LogP contribution in [-0.2, 0) is 10.0 Å². The molecule has 21 heavy (non-hydrogen) atoms. The van der Waals surface area contributed by atoms with Crippen LogP contribution in [0.4, 0.5) is 0 Å². The summed E-state index contributed by atoms with van der Waals surface area (Å²) in [6.45, 7) is 3.85. The van der Waals surface area contributed by atoms with Crippen LogP contribution in [-0.4, -0.2) is 35.9 Å². The van der Waals surface area contributed by atoms with Gasteiger partial charge in [-0.2, -0.15) is 4.31 Å². The van der Waals surface area contributed by atoms with Gasteiger partial charge in [0.25, 0.3) is 0 Å². The normalized spacial score (nSPS) is 23.4. The number of aromatic carboxylic acids is 1. The molecule has 1 aliphatic rings. The van der Waals surface area contributed by atoms with Gasteiger partial charge in [0, 0.05) is 12.1 Å². The van der Waals surface area contributed by atoms with Crippen molar-refractivity contribution in [2.24, 2.45) is 0 Å². The molecule has 7 heteroatoms. The van der Waals surface area contributed by atoms with Crippen molar-refractivity contribution in [3.05, 3.63) is 28.8 Å². The van der Waals surface area contributed by atoms with Gasteiger partial charge in [0.1, 0.15) is 0 Å². The molecule has 1 fully saturated rings. The molecule has 2 atom stereocenters. The summed E-state index contributed by atoms with van der Waals surface area (Å²) in [5.74, 6) is -1.18. The third-order valence-corrected chi connectivity index (χ3v) is 6.31. The highest BCUT2D eigenvalue weighted by atomic mass is 35.5. The number of rotatable bonds is 4. The molecule has 0 aliphatic carbocycles. The first-order valence-corrected chi connectivity index (χ1v) is 8.67. The third-order valence-electron chi connectivity index (χ3n) is 3.93. The number of hydrogen-bond donors (Lipinski definition) is 1. The summed E-state index contributed by atoms with van der Waals surface area (Å²) >= 11 is 5.88. The smallest absolute Gasteiger partial charge is 0.337 e. The first-order chi connectivity index (χ1) is 9.78. The second-order valence-corrected chi connectivity index (χ2v) is 7.52. The lowest BCUT2D eigenvalue weighted by atomic mass is 10.2. The van der Waals surface area contributed by atoms with Crippen molar-refractivity contribution >= 4 is 27.6 Å². The molecule has 1 heterocycles. The van der Waals surface area contributed by atoms with E-state index in [1.807, 2.05) is 13.8 Å². The fourth-order valence-corrected chi connectivity index (χ4v) is 5.12. The molecule has 116 valence electrons. The zero-order chi connectivity index (χ0) is 15.8. The maximum absolute atomic E-state index is 12.8. The summed E-state index contributed by atoms with van der Waals surface area (Å²) in [4.78, 5) is 11.0. The molecule has 1 aromatic rings. The van der Waals surface area contributed by atoms with Crippen molar-refractivity contribution < 1.29 is 18.3 Å². The van der Waals surface area contributed by atoms with Crippen LogP contribution in [0.3, 0.4) is 0 Å². The van der Waals surface area contributed by atoms with Gasteiger partial charge in [-0.25, -0.2) is 13.2 Å². The number of carbonyl (C=O) groups is 1. The zero-order valence-electron chi connectivity index (χ0n) is 11.9. The highest BCUT2D eigenvalue weighted by molar-refractivity contribution is 7.89. The van der Waals surface area contributed by atoms with E-state index in [2.05, 4.69) is 0 Å². The highest BCUT2D eigenvalue weighted by Crippen LogP contribution is 2.33. The van der Waals surface area contributed by atoms with E-state index < -0.39 is 16.0 Å². The molecule has 0 bridgehead atoms. The Kier molecular flexibility index (Phi) is 4.60. The predicted octanol–water partition coefficient (Wildman–Crippen LogP) is 2.99. The van der Waals surface area contributed by atoms with Gasteiger partial charge in [-0.05, 0) is 44.4 Å². The summed E-state index contributed by atoms with van der Waals surface area (Å²) in [7, 11) is -3.66. The lowest BCUT2D eigenvalue weighted by Gasteiger charge is -2.27. The predicted molar refractivity (Wildman–Crippen MR) is 80.2 cm³/mol. The molecule has 1 aromatic carbocycles. The first kappa shape index (κ1) is 16.3. The van der Waals surface area contributed by atoms with Crippen LogP contribution in [0, 0.1) is 0 Å². The van der Waals surface area contributed by atoms with Crippen molar-refractivity contribution in [2.75, 3.05) is 0 Å². The van der Waals surface area contributed by atoms with Gasteiger partial charge in [-0.15, -0.1) is 0 Å². The van der Waals surface area contributed by atoms with Crippen molar-refractivity contribution in [2.45, 2.75) is 50.1 Å². The second-order valence-electron chi connectivity index (χ2n) is 5.27. The van der Waals surface area contributed by atoms with Crippen molar-refractivity contribution in [3.8, 4) is 0 Å². The van der Waals surface area contributed by atoms with Gasteiger partial charge in [0.05, 0.1) is 15.5 Å². The van der Waals surface area contributed by atoms with Gasteiger partial charge in [0.15, 0.2) is 0 Å². The molecule has 0 radical (unpaired) electrons. The third kappa shape index (κ3) is 2.93. The van der Waals surface area contributed by atoms with Crippen LogP contribution in [0.25, 0.3) is 0 Å². The van der Waals surface area contributed by atoms with Crippen LogP contribution < -0.4 is 0 Å². The number of carboxylic acids is 1. The van der Waals surface area contributed by atoms with Crippen LogP contribution in [0.1, 0.15) is 43.5 Å². The molecule has 0 saturated carbocycles. The quantitative estimate of drug-likeness (QED) is 0.920. The van der Waals surface area contributed by atoms with Gasteiger partial charge in [-0.1, -0.05) is 18.5 Å². The SMILES string of the molecule is CCC1CCC(C)N1S(=O)(=O)c1ccc(C(=O)O)c(Cl)c1. The molecular weight excluding hydrogens is 314 g/mol. The minimum atomic E-state index is -3.66. The lowest BCUT2D eigenvalue weighted by Crippen LogP contribution is -2.39. The van der Waals surface area contributed by atoms with E-state index in [0.717, 1.165) is 19.3 Å². The molecule has 1 aliphatic heterocycles. The Hall–Kier alpha value is -1.11. The van der Waals surface area contributed by atoms with Crippen molar-refractivity contribution in [3.63, 3.8) is 0 Å². The van der Waals surface area contributed by atoms with Gasteiger partial charge < -0.3 is 5.11 Å². The van der Waals surface area contributed by atoms with E-state index >= 15 is 0 Å². The minimum Gasteiger partial charge on any atom is -0.478 e. The van der Waals surface area contributed by atoms with Crippen molar-refractivity contribution in [1.82, 2.24) is 4.31 Å². The lowest BCUT2D eigenvalue weighted by molar-refractivity contribution is 0.0697. The average molecular weight is 332 g/mol. The topological polar surface area (TPSA) is 74.7 Å². The molecule has 2 rings (SSSR count). The number of halogens is 1. The zero-order valence-corrected chi connectivity index (χ0v) is 13.5. The summed E-state index contributed by atoms with van der Waals surface area (Å²) < 4.78 is 27.1. The van der Waals surface area contributed by atoms with Crippen molar-refractivity contribution in [1.29, 1.82) is 0 Å². The summed E-state index contributed by atoms with van der Waals surface area (Å²) in [6.07, 6.45) is 2.43. The van der Waals surface area contributed by atoms with Crippen LogP contribution in [0.5, 0.6) is 0 Å². The Balaban J connectivity index is 2.44. The summed E-state index contributed by atoms with van der Waals surface area (Å²) in [5.41, 5.74) is -0.0999. The Labute approximate surface area is 129 Å². The first-order valence-electron chi connectivity index (χ1n) is 6.85. The van der Waals surface area contributed by atoms with Gasteiger partial charge in [0.2, 0.25) is 10.0 Å². The largest absolute Gasteiger partial charge is 0.478 e. The molecule has 0 spiro atoms. The number of carboxylic acid groups (broad SMARTS) is 1. The Bertz CT molecular complexity index is 659. The monoisotopic (exact) mass is 331 g/mol. The number of benzene rings is 1. The van der Waals surface area contributed by atoms with Gasteiger partial charge in [-0.3, -0.25) is 0 Å². The van der Waals surface area contributed by atoms with Crippen LogP contribution in [0.2, 0.25) is 5.02 Å². The van der Waals surface area contributed by atoms with E-state index in [9.17, 15) is 13.2 Å². The average Bonchev–Trinajstić information content (AvgIpc) is 2.79.